The van der Waals surface area contributed by atoms with Crippen LogP contribution in [0.1, 0.15) is 25.1 Å². The van der Waals surface area contributed by atoms with Crippen LogP contribution >= 0.6 is 0 Å². The number of hydrogen-bond acceptors (Lipinski definition) is 4. The number of nitrogens with zero attached hydrogens (tertiary/aromatic N) is 2. The monoisotopic (exact) mass is 257 g/mol. The standard InChI is InChI=1S/C15H19N3O/c1-11(2)17-9-13-6-7-15(18-10-13)19-14-5-4-8-16-12(14)3/h4-8,10-11,17H,9H2,1-3H3. The van der Waals surface area contributed by atoms with E-state index in [2.05, 4.69) is 29.1 Å². The lowest BCUT2D eigenvalue weighted by molar-refractivity contribution is 0.456. The van der Waals surface area contributed by atoms with Crippen LogP contribution < -0.4 is 10.1 Å². The molecule has 100 valence electrons. The van der Waals surface area contributed by atoms with Crippen LogP contribution in [0.25, 0.3) is 0 Å². The molecule has 0 amide bonds. The molecule has 2 rings (SSSR count). The van der Waals surface area contributed by atoms with Gasteiger partial charge in [0.25, 0.3) is 0 Å². The van der Waals surface area contributed by atoms with Crippen LogP contribution in [0.5, 0.6) is 11.6 Å². The summed E-state index contributed by atoms with van der Waals surface area (Å²) in [6.45, 7) is 6.97. The van der Waals surface area contributed by atoms with Crippen molar-refractivity contribution in [3.8, 4) is 11.6 Å². The van der Waals surface area contributed by atoms with Gasteiger partial charge >= 0.3 is 0 Å². The number of ether oxygens (including phenoxy) is 1. The number of aromatic nitrogens is 2. The molecule has 2 aromatic heterocycles. The maximum absolute atomic E-state index is 5.70. The molecule has 4 heteroatoms. The van der Waals surface area contributed by atoms with Gasteiger partial charge in [-0.2, -0.15) is 0 Å². The Labute approximate surface area is 113 Å². The van der Waals surface area contributed by atoms with E-state index in [4.69, 9.17) is 4.74 Å². The van der Waals surface area contributed by atoms with Gasteiger partial charge in [-0.1, -0.05) is 19.9 Å². The van der Waals surface area contributed by atoms with Crippen molar-refractivity contribution in [1.29, 1.82) is 0 Å². The van der Waals surface area contributed by atoms with Gasteiger partial charge in [-0.25, -0.2) is 4.98 Å². The van der Waals surface area contributed by atoms with Crippen LogP contribution in [0.2, 0.25) is 0 Å². The molecule has 2 aromatic rings. The van der Waals surface area contributed by atoms with E-state index in [1.165, 1.54) is 0 Å². The largest absolute Gasteiger partial charge is 0.437 e. The van der Waals surface area contributed by atoms with E-state index < -0.39 is 0 Å². The number of rotatable bonds is 5. The summed E-state index contributed by atoms with van der Waals surface area (Å²) < 4.78 is 5.70. The third-order valence-corrected chi connectivity index (χ3v) is 2.69. The Balaban J connectivity index is 2.01. The molecule has 0 aliphatic carbocycles. The Hall–Kier alpha value is -1.94. The summed E-state index contributed by atoms with van der Waals surface area (Å²) >= 11 is 0. The first kappa shape index (κ1) is 13.5. The molecule has 0 spiro atoms. The van der Waals surface area contributed by atoms with Gasteiger partial charge in [0, 0.05) is 31.0 Å². The lowest BCUT2D eigenvalue weighted by Gasteiger charge is -2.09. The minimum atomic E-state index is 0.467. The zero-order chi connectivity index (χ0) is 13.7. The second-order valence-electron chi connectivity index (χ2n) is 4.73. The molecule has 0 bridgehead atoms. The summed E-state index contributed by atoms with van der Waals surface area (Å²) in [7, 11) is 0. The van der Waals surface area contributed by atoms with Crippen LogP contribution in [-0.4, -0.2) is 16.0 Å². The van der Waals surface area contributed by atoms with E-state index in [1.807, 2.05) is 37.4 Å². The first-order valence-electron chi connectivity index (χ1n) is 6.43. The molecule has 0 unspecified atom stereocenters. The van der Waals surface area contributed by atoms with Crippen molar-refractivity contribution in [3.63, 3.8) is 0 Å². The summed E-state index contributed by atoms with van der Waals surface area (Å²) in [6, 6.07) is 8.10. The first-order valence-corrected chi connectivity index (χ1v) is 6.43. The lowest BCUT2D eigenvalue weighted by atomic mass is 10.2. The number of nitrogens with one attached hydrogen (secondary N) is 1. The Bertz CT molecular complexity index is 523. The minimum Gasteiger partial charge on any atom is -0.437 e. The summed E-state index contributed by atoms with van der Waals surface area (Å²) in [5.41, 5.74) is 2.00. The van der Waals surface area contributed by atoms with Crippen LogP contribution in [0.15, 0.2) is 36.7 Å². The summed E-state index contributed by atoms with van der Waals surface area (Å²) in [5.74, 6) is 1.33. The first-order chi connectivity index (χ1) is 9.15. The highest BCUT2D eigenvalue weighted by atomic mass is 16.5. The molecule has 0 aromatic carbocycles. The van der Waals surface area contributed by atoms with Gasteiger partial charge in [0.1, 0.15) is 0 Å². The Morgan fingerprint density at radius 1 is 1.21 bits per heavy atom. The topological polar surface area (TPSA) is 47.0 Å². The van der Waals surface area contributed by atoms with E-state index in [0.29, 0.717) is 11.9 Å². The van der Waals surface area contributed by atoms with Crippen molar-refractivity contribution in [3.05, 3.63) is 47.9 Å². The molecule has 0 fully saturated rings. The molecule has 4 nitrogen and oxygen atoms in total. The van der Waals surface area contributed by atoms with Gasteiger partial charge in [-0.15, -0.1) is 0 Å². The van der Waals surface area contributed by atoms with Crippen molar-refractivity contribution in [1.82, 2.24) is 15.3 Å². The van der Waals surface area contributed by atoms with E-state index in [9.17, 15) is 0 Å². The quantitative estimate of drug-likeness (QED) is 0.894. The smallest absolute Gasteiger partial charge is 0.219 e. The van der Waals surface area contributed by atoms with Crippen molar-refractivity contribution < 1.29 is 4.74 Å². The fourth-order valence-corrected chi connectivity index (χ4v) is 1.59. The van der Waals surface area contributed by atoms with E-state index in [1.54, 1.807) is 6.20 Å². The van der Waals surface area contributed by atoms with Crippen LogP contribution in [0.3, 0.4) is 0 Å². The highest BCUT2D eigenvalue weighted by molar-refractivity contribution is 5.30. The maximum Gasteiger partial charge on any atom is 0.219 e. The second-order valence-corrected chi connectivity index (χ2v) is 4.73. The van der Waals surface area contributed by atoms with Gasteiger partial charge in [0.15, 0.2) is 5.75 Å². The maximum atomic E-state index is 5.70. The third kappa shape index (κ3) is 4.03. The molecule has 0 radical (unpaired) electrons. The molecule has 0 saturated carbocycles. The Kier molecular flexibility index (Phi) is 4.47. The van der Waals surface area contributed by atoms with E-state index in [-0.39, 0.29) is 0 Å². The molecular formula is C15H19N3O. The zero-order valence-corrected chi connectivity index (χ0v) is 11.6. The van der Waals surface area contributed by atoms with Crippen LogP contribution in [0.4, 0.5) is 0 Å². The SMILES string of the molecule is Cc1ncccc1Oc1ccc(CNC(C)C)cn1. The number of pyridine rings is 2. The highest BCUT2D eigenvalue weighted by Gasteiger charge is 2.03. The van der Waals surface area contributed by atoms with Gasteiger partial charge < -0.3 is 10.1 Å². The predicted octanol–water partition coefficient (Wildman–Crippen LogP) is 3.08. The van der Waals surface area contributed by atoms with Crippen LogP contribution in [0, 0.1) is 6.92 Å². The summed E-state index contributed by atoms with van der Waals surface area (Å²) in [4.78, 5) is 8.48. The van der Waals surface area contributed by atoms with Crippen molar-refractivity contribution >= 4 is 0 Å². The van der Waals surface area contributed by atoms with E-state index >= 15 is 0 Å². The van der Waals surface area contributed by atoms with Gasteiger partial charge in [-0.3, -0.25) is 4.98 Å². The molecule has 0 aliphatic rings. The zero-order valence-electron chi connectivity index (χ0n) is 11.6. The van der Waals surface area contributed by atoms with E-state index in [0.717, 1.165) is 23.6 Å². The van der Waals surface area contributed by atoms with Crippen molar-refractivity contribution in [2.45, 2.75) is 33.4 Å². The molecule has 0 saturated heterocycles. The average Bonchev–Trinajstić information content (AvgIpc) is 2.40. The highest BCUT2D eigenvalue weighted by Crippen LogP contribution is 2.21. The van der Waals surface area contributed by atoms with Crippen LogP contribution in [-0.2, 0) is 6.54 Å². The minimum absolute atomic E-state index is 0.467. The normalized spacial score (nSPS) is 10.7. The van der Waals surface area contributed by atoms with Gasteiger partial charge in [0.05, 0.1) is 5.69 Å². The Morgan fingerprint density at radius 3 is 2.68 bits per heavy atom. The van der Waals surface area contributed by atoms with Gasteiger partial charge in [-0.05, 0) is 24.6 Å². The third-order valence-electron chi connectivity index (χ3n) is 2.69. The fourth-order valence-electron chi connectivity index (χ4n) is 1.59. The molecule has 1 N–H and O–H groups in total. The predicted molar refractivity (Wildman–Crippen MR) is 75.3 cm³/mol. The fraction of sp³-hybridized carbons (Fsp3) is 0.333. The summed E-state index contributed by atoms with van der Waals surface area (Å²) in [6.07, 6.45) is 3.58. The Morgan fingerprint density at radius 2 is 2.05 bits per heavy atom. The lowest BCUT2D eigenvalue weighted by Crippen LogP contribution is -2.21. The second kappa shape index (κ2) is 6.29. The average molecular weight is 257 g/mol. The van der Waals surface area contributed by atoms with Crippen molar-refractivity contribution in [2.75, 3.05) is 0 Å². The molecule has 0 atom stereocenters. The molecule has 2 heterocycles. The van der Waals surface area contributed by atoms with Gasteiger partial charge in [0.2, 0.25) is 5.88 Å². The van der Waals surface area contributed by atoms with Crippen molar-refractivity contribution in [2.24, 2.45) is 0 Å². The molecule has 0 aliphatic heterocycles. The molecule has 19 heavy (non-hydrogen) atoms. The number of hydrogen-bond donors (Lipinski definition) is 1. The molecular weight excluding hydrogens is 238 g/mol. The summed E-state index contributed by atoms with van der Waals surface area (Å²) in [5, 5.41) is 3.35. The number of aryl methyl sites for hydroxylation is 1.